The second kappa shape index (κ2) is 6.44. The Labute approximate surface area is 133 Å². The van der Waals surface area contributed by atoms with E-state index in [0.29, 0.717) is 12.1 Å². The number of nitrogens with one attached hydrogen (secondary N) is 2. The lowest BCUT2D eigenvalue weighted by Crippen LogP contribution is -2.12. The van der Waals surface area contributed by atoms with E-state index in [1.165, 1.54) is 23.8 Å². The SMILES string of the molecule is Cc1ccc(Cc2cc(C(=O)Nc3cccc(F)c3)n[nH]2)cc1. The zero-order valence-corrected chi connectivity index (χ0v) is 12.6. The van der Waals surface area contributed by atoms with Crippen molar-refractivity contribution in [3.05, 3.63) is 82.9 Å². The van der Waals surface area contributed by atoms with Gasteiger partial charge in [0, 0.05) is 17.8 Å². The van der Waals surface area contributed by atoms with Gasteiger partial charge in [-0.1, -0.05) is 35.9 Å². The molecule has 0 aliphatic rings. The number of anilines is 1. The molecular formula is C18H16FN3O. The van der Waals surface area contributed by atoms with Crippen LogP contribution in [0.4, 0.5) is 10.1 Å². The number of nitrogens with zero attached hydrogens (tertiary/aromatic N) is 1. The predicted octanol–water partition coefficient (Wildman–Crippen LogP) is 3.70. The molecule has 0 fully saturated rings. The molecule has 1 heterocycles. The first-order valence-electron chi connectivity index (χ1n) is 7.27. The van der Waals surface area contributed by atoms with Crippen LogP contribution in [0.2, 0.25) is 0 Å². The van der Waals surface area contributed by atoms with Crippen molar-refractivity contribution in [2.24, 2.45) is 0 Å². The van der Waals surface area contributed by atoms with Crippen LogP contribution in [0.25, 0.3) is 0 Å². The van der Waals surface area contributed by atoms with Crippen molar-refractivity contribution in [2.45, 2.75) is 13.3 Å². The van der Waals surface area contributed by atoms with E-state index < -0.39 is 5.82 Å². The number of carbonyl (C=O) groups is 1. The van der Waals surface area contributed by atoms with Crippen molar-refractivity contribution in [3.63, 3.8) is 0 Å². The number of aromatic nitrogens is 2. The molecule has 0 unspecified atom stereocenters. The van der Waals surface area contributed by atoms with Gasteiger partial charge in [0.2, 0.25) is 0 Å². The molecule has 3 aromatic rings. The second-order valence-electron chi connectivity index (χ2n) is 5.41. The third kappa shape index (κ3) is 3.83. The lowest BCUT2D eigenvalue weighted by atomic mass is 10.1. The minimum absolute atomic E-state index is 0.274. The van der Waals surface area contributed by atoms with Gasteiger partial charge in [0.15, 0.2) is 5.69 Å². The summed E-state index contributed by atoms with van der Waals surface area (Å²) in [5.74, 6) is -0.771. The van der Waals surface area contributed by atoms with Crippen LogP contribution in [0.1, 0.15) is 27.3 Å². The second-order valence-corrected chi connectivity index (χ2v) is 5.41. The van der Waals surface area contributed by atoms with Crippen molar-refractivity contribution in [1.29, 1.82) is 0 Å². The fourth-order valence-electron chi connectivity index (χ4n) is 2.26. The first-order chi connectivity index (χ1) is 11.1. The molecule has 1 aromatic heterocycles. The first kappa shape index (κ1) is 15.0. The maximum Gasteiger partial charge on any atom is 0.276 e. The molecular weight excluding hydrogens is 293 g/mol. The molecule has 116 valence electrons. The number of benzene rings is 2. The monoisotopic (exact) mass is 309 g/mol. The summed E-state index contributed by atoms with van der Waals surface area (Å²) in [6.45, 7) is 2.04. The Morgan fingerprint density at radius 3 is 2.70 bits per heavy atom. The van der Waals surface area contributed by atoms with Crippen LogP contribution in [0, 0.1) is 12.7 Å². The van der Waals surface area contributed by atoms with Crippen LogP contribution in [0.3, 0.4) is 0 Å². The molecule has 0 saturated heterocycles. The molecule has 4 nitrogen and oxygen atoms in total. The smallest absolute Gasteiger partial charge is 0.276 e. The molecule has 23 heavy (non-hydrogen) atoms. The Kier molecular flexibility index (Phi) is 4.19. The Bertz CT molecular complexity index is 824. The minimum Gasteiger partial charge on any atom is -0.320 e. The molecule has 2 N–H and O–H groups in total. The summed E-state index contributed by atoms with van der Waals surface area (Å²) in [5, 5.41) is 9.50. The molecule has 0 radical (unpaired) electrons. The van der Waals surface area contributed by atoms with Crippen molar-refractivity contribution >= 4 is 11.6 Å². The fraction of sp³-hybridized carbons (Fsp3) is 0.111. The molecule has 1 amide bonds. The molecule has 0 bridgehead atoms. The lowest BCUT2D eigenvalue weighted by Gasteiger charge is -2.02. The van der Waals surface area contributed by atoms with Crippen molar-refractivity contribution in [2.75, 3.05) is 5.32 Å². The molecule has 0 saturated carbocycles. The molecule has 3 rings (SSSR count). The van der Waals surface area contributed by atoms with Gasteiger partial charge in [-0.05, 0) is 36.8 Å². The van der Waals surface area contributed by atoms with E-state index in [9.17, 15) is 9.18 Å². The quantitative estimate of drug-likeness (QED) is 0.772. The number of carbonyl (C=O) groups excluding carboxylic acids is 1. The van der Waals surface area contributed by atoms with Crippen molar-refractivity contribution in [1.82, 2.24) is 10.2 Å². The summed E-state index contributed by atoms with van der Waals surface area (Å²) >= 11 is 0. The Morgan fingerprint density at radius 1 is 1.17 bits per heavy atom. The number of aromatic amines is 1. The highest BCUT2D eigenvalue weighted by Crippen LogP contribution is 2.13. The standard InChI is InChI=1S/C18H16FN3O/c1-12-5-7-13(8-6-12)9-16-11-17(22-21-16)18(23)20-15-4-2-3-14(19)10-15/h2-8,10-11H,9H2,1H3,(H,20,23)(H,21,22). The predicted molar refractivity (Wildman–Crippen MR) is 86.9 cm³/mol. The minimum atomic E-state index is -0.398. The van der Waals surface area contributed by atoms with Gasteiger partial charge in [0.05, 0.1) is 0 Å². The number of amides is 1. The number of halogens is 1. The number of H-pyrrole nitrogens is 1. The molecule has 0 aliphatic carbocycles. The van der Waals surface area contributed by atoms with Crippen LogP contribution in [-0.2, 0) is 6.42 Å². The normalized spacial score (nSPS) is 10.5. The van der Waals surface area contributed by atoms with Crippen LogP contribution < -0.4 is 5.32 Å². The molecule has 0 aliphatic heterocycles. The largest absolute Gasteiger partial charge is 0.320 e. The summed E-state index contributed by atoms with van der Waals surface area (Å²) in [6.07, 6.45) is 0.667. The highest BCUT2D eigenvalue weighted by Gasteiger charge is 2.11. The zero-order valence-electron chi connectivity index (χ0n) is 12.6. The third-order valence-corrected chi connectivity index (χ3v) is 3.46. The van der Waals surface area contributed by atoms with E-state index in [4.69, 9.17) is 0 Å². The Hall–Kier alpha value is -2.95. The summed E-state index contributed by atoms with van der Waals surface area (Å²) in [7, 11) is 0. The number of hydrogen-bond donors (Lipinski definition) is 2. The van der Waals surface area contributed by atoms with Crippen LogP contribution in [-0.4, -0.2) is 16.1 Å². The fourth-order valence-corrected chi connectivity index (χ4v) is 2.26. The number of rotatable bonds is 4. The van der Waals surface area contributed by atoms with Gasteiger partial charge in [-0.25, -0.2) is 4.39 Å². The van der Waals surface area contributed by atoms with E-state index in [1.807, 2.05) is 31.2 Å². The molecule has 5 heteroatoms. The third-order valence-electron chi connectivity index (χ3n) is 3.46. The highest BCUT2D eigenvalue weighted by atomic mass is 19.1. The summed E-state index contributed by atoms with van der Waals surface area (Å²) in [5.41, 5.74) is 3.86. The van der Waals surface area contributed by atoms with Crippen LogP contribution in [0.5, 0.6) is 0 Å². The van der Waals surface area contributed by atoms with Gasteiger partial charge >= 0.3 is 0 Å². The molecule has 0 atom stereocenters. The van der Waals surface area contributed by atoms with Crippen molar-refractivity contribution < 1.29 is 9.18 Å². The van der Waals surface area contributed by atoms with Gasteiger partial charge in [0.25, 0.3) is 5.91 Å². The first-order valence-corrected chi connectivity index (χ1v) is 7.27. The van der Waals surface area contributed by atoms with E-state index in [0.717, 1.165) is 11.3 Å². The van der Waals surface area contributed by atoms with E-state index in [-0.39, 0.29) is 11.6 Å². The van der Waals surface area contributed by atoms with E-state index in [1.54, 1.807) is 12.1 Å². The van der Waals surface area contributed by atoms with Crippen LogP contribution in [0.15, 0.2) is 54.6 Å². The maximum absolute atomic E-state index is 13.1. The van der Waals surface area contributed by atoms with Gasteiger partial charge in [-0.2, -0.15) is 5.10 Å². The van der Waals surface area contributed by atoms with Gasteiger partial charge in [-0.3, -0.25) is 9.89 Å². The summed E-state index contributed by atoms with van der Waals surface area (Å²) < 4.78 is 13.1. The topological polar surface area (TPSA) is 57.8 Å². The summed E-state index contributed by atoms with van der Waals surface area (Å²) in [4.78, 5) is 12.1. The molecule has 2 aromatic carbocycles. The zero-order chi connectivity index (χ0) is 16.2. The molecule has 0 spiro atoms. The van der Waals surface area contributed by atoms with Crippen LogP contribution >= 0.6 is 0 Å². The van der Waals surface area contributed by atoms with Gasteiger partial charge in [-0.15, -0.1) is 0 Å². The average Bonchev–Trinajstić information content (AvgIpc) is 2.98. The average molecular weight is 309 g/mol. The van der Waals surface area contributed by atoms with E-state index >= 15 is 0 Å². The van der Waals surface area contributed by atoms with Gasteiger partial charge in [0.1, 0.15) is 5.82 Å². The Balaban J connectivity index is 1.68. The highest BCUT2D eigenvalue weighted by molar-refractivity contribution is 6.02. The van der Waals surface area contributed by atoms with Crippen molar-refractivity contribution in [3.8, 4) is 0 Å². The summed E-state index contributed by atoms with van der Waals surface area (Å²) in [6, 6.07) is 15.6. The maximum atomic E-state index is 13.1. The lowest BCUT2D eigenvalue weighted by molar-refractivity contribution is 0.102. The number of aryl methyl sites for hydroxylation is 1. The Morgan fingerprint density at radius 2 is 1.96 bits per heavy atom. The van der Waals surface area contributed by atoms with Gasteiger partial charge < -0.3 is 5.32 Å². The van der Waals surface area contributed by atoms with E-state index in [2.05, 4.69) is 15.5 Å². The number of hydrogen-bond acceptors (Lipinski definition) is 2.